The van der Waals surface area contributed by atoms with Gasteiger partial charge in [-0.1, -0.05) is 11.6 Å². The second kappa shape index (κ2) is 4.94. The van der Waals surface area contributed by atoms with Crippen molar-refractivity contribution < 1.29 is 0 Å². The number of aryl methyl sites for hydroxylation is 2. The molecule has 18 heavy (non-hydrogen) atoms. The van der Waals surface area contributed by atoms with E-state index in [2.05, 4.69) is 35.5 Å². The lowest BCUT2D eigenvalue weighted by atomic mass is 10.1. The van der Waals surface area contributed by atoms with E-state index < -0.39 is 0 Å². The first-order valence-electron chi connectivity index (χ1n) is 6.47. The Balaban J connectivity index is 1.84. The summed E-state index contributed by atoms with van der Waals surface area (Å²) in [6.45, 7) is 3.02. The zero-order chi connectivity index (χ0) is 12.5. The summed E-state index contributed by atoms with van der Waals surface area (Å²) in [4.78, 5) is 0. The molecule has 0 radical (unpaired) electrons. The molecule has 0 bridgehead atoms. The van der Waals surface area contributed by atoms with Crippen molar-refractivity contribution in [2.24, 2.45) is 7.05 Å². The molecule has 4 heteroatoms. The zero-order valence-electron chi connectivity index (χ0n) is 10.9. The third kappa shape index (κ3) is 2.27. The van der Waals surface area contributed by atoms with Gasteiger partial charge in [0.1, 0.15) is 0 Å². The molecule has 1 aromatic heterocycles. The van der Waals surface area contributed by atoms with Crippen LogP contribution in [0.5, 0.6) is 0 Å². The van der Waals surface area contributed by atoms with Crippen LogP contribution in [-0.4, -0.2) is 27.3 Å². The van der Waals surface area contributed by atoms with E-state index in [-0.39, 0.29) is 0 Å². The molecule has 0 spiro atoms. The standard InChI is InChI=1S/C14H19N3S/c1-10-3-4-14-12(7-10)13(16-17(14)2)8-15-11-5-6-18-9-11/h3-4,7,11,15H,5-6,8-9H2,1-2H3/t11-/m0/s1. The predicted octanol–water partition coefficient (Wildman–Crippen LogP) is 2.48. The van der Waals surface area contributed by atoms with Gasteiger partial charge in [0.25, 0.3) is 0 Å². The molecule has 1 aliphatic rings. The normalized spacial score (nSPS) is 19.8. The molecule has 2 aromatic rings. The number of thioether (sulfide) groups is 1. The van der Waals surface area contributed by atoms with Crippen LogP contribution in [0.4, 0.5) is 0 Å². The second-order valence-corrected chi connectivity index (χ2v) is 6.18. The third-order valence-corrected chi connectivity index (χ3v) is 4.73. The minimum absolute atomic E-state index is 0.664. The highest BCUT2D eigenvalue weighted by Gasteiger charge is 2.16. The van der Waals surface area contributed by atoms with Gasteiger partial charge in [-0.15, -0.1) is 0 Å². The largest absolute Gasteiger partial charge is 0.307 e. The van der Waals surface area contributed by atoms with Gasteiger partial charge in [0.2, 0.25) is 0 Å². The number of nitrogens with one attached hydrogen (secondary N) is 1. The number of fused-ring (bicyclic) bond motifs is 1. The molecule has 0 aliphatic carbocycles. The van der Waals surface area contributed by atoms with Crippen molar-refractivity contribution in [2.45, 2.75) is 25.9 Å². The minimum Gasteiger partial charge on any atom is -0.307 e. The molecule has 0 unspecified atom stereocenters. The van der Waals surface area contributed by atoms with E-state index in [4.69, 9.17) is 0 Å². The van der Waals surface area contributed by atoms with E-state index in [0.29, 0.717) is 6.04 Å². The van der Waals surface area contributed by atoms with Gasteiger partial charge in [0.05, 0.1) is 11.2 Å². The van der Waals surface area contributed by atoms with Crippen LogP contribution in [0.1, 0.15) is 17.7 Å². The van der Waals surface area contributed by atoms with Crippen molar-refractivity contribution in [1.82, 2.24) is 15.1 Å². The van der Waals surface area contributed by atoms with Gasteiger partial charge in [0.15, 0.2) is 0 Å². The van der Waals surface area contributed by atoms with E-state index in [1.807, 2.05) is 23.5 Å². The van der Waals surface area contributed by atoms with E-state index in [1.54, 1.807) is 0 Å². The predicted molar refractivity (Wildman–Crippen MR) is 78.0 cm³/mol. The van der Waals surface area contributed by atoms with Crippen LogP contribution in [0, 0.1) is 6.92 Å². The van der Waals surface area contributed by atoms with Crippen molar-refractivity contribution in [3.8, 4) is 0 Å². The Morgan fingerprint density at radius 3 is 3.17 bits per heavy atom. The summed E-state index contributed by atoms with van der Waals surface area (Å²) in [5, 5.41) is 9.55. The summed E-state index contributed by atoms with van der Waals surface area (Å²) in [6, 6.07) is 7.21. The molecule has 0 amide bonds. The van der Waals surface area contributed by atoms with Crippen LogP contribution < -0.4 is 5.32 Å². The first-order valence-corrected chi connectivity index (χ1v) is 7.63. The van der Waals surface area contributed by atoms with Gasteiger partial charge in [-0.2, -0.15) is 16.9 Å². The highest BCUT2D eigenvalue weighted by molar-refractivity contribution is 7.99. The first kappa shape index (κ1) is 12.1. The Kier molecular flexibility index (Phi) is 3.31. The van der Waals surface area contributed by atoms with Crippen molar-refractivity contribution in [1.29, 1.82) is 0 Å². The van der Waals surface area contributed by atoms with Gasteiger partial charge in [0, 0.05) is 30.8 Å². The van der Waals surface area contributed by atoms with Crippen LogP contribution >= 0.6 is 11.8 Å². The average Bonchev–Trinajstić information content (AvgIpc) is 2.95. The maximum absolute atomic E-state index is 4.64. The van der Waals surface area contributed by atoms with Crippen LogP contribution in [0.25, 0.3) is 10.9 Å². The highest BCUT2D eigenvalue weighted by atomic mass is 32.2. The second-order valence-electron chi connectivity index (χ2n) is 5.03. The van der Waals surface area contributed by atoms with Crippen LogP contribution in [0.3, 0.4) is 0 Å². The van der Waals surface area contributed by atoms with Gasteiger partial charge < -0.3 is 5.32 Å². The molecule has 3 rings (SSSR count). The first-order chi connectivity index (χ1) is 8.74. The topological polar surface area (TPSA) is 29.9 Å². The fourth-order valence-corrected chi connectivity index (χ4v) is 3.71. The fraction of sp³-hybridized carbons (Fsp3) is 0.500. The lowest BCUT2D eigenvalue weighted by Crippen LogP contribution is -2.28. The van der Waals surface area contributed by atoms with Crippen molar-refractivity contribution in [3.05, 3.63) is 29.5 Å². The summed E-state index contributed by atoms with van der Waals surface area (Å²) < 4.78 is 1.98. The van der Waals surface area contributed by atoms with Crippen LogP contribution in [0.15, 0.2) is 18.2 Å². The molecule has 1 N–H and O–H groups in total. The van der Waals surface area contributed by atoms with Gasteiger partial charge in [-0.25, -0.2) is 0 Å². The SMILES string of the molecule is Cc1ccc2c(c1)c(CN[C@H]1CCSC1)nn2C. The number of aromatic nitrogens is 2. The molecule has 1 atom stereocenters. The van der Waals surface area contributed by atoms with E-state index in [1.165, 1.54) is 40.1 Å². The molecule has 1 fully saturated rings. The van der Waals surface area contributed by atoms with Gasteiger partial charge in [-0.05, 0) is 31.2 Å². The van der Waals surface area contributed by atoms with Crippen molar-refractivity contribution >= 4 is 22.7 Å². The number of benzene rings is 1. The minimum atomic E-state index is 0.664. The van der Waals surface area contributed by atoms with E-state index in [0.717, 1.165) is 6.54 Å². The smallest absolute Gasteiger partial charge is 0.0841 e. The zero-order valence-corrected chi connectivity index (χ0v) is 11.8. The summed E-state index contributed by atoms with van der Waals surface area (Å²) in [7, 11) is 2.02. The lowest BCUT2D eigenvalue weighted by Gasteiger charge is -2.09. The molecule has 1 aliphatic heterocycles. The maximum atomic E-state index is 4.64. The van der Waals surface area contributed by atoms with Crippen LogP contribution in [-0.2, 0) is 13.6 Å². The molecular weight excluding hydrogens is 242 g/mol. The lowest BCUT2D eigenvalue weighted by molar-refractivity contribution is 0.549. The Morgan fingerprint density at radius 1 is 1.50 bits per heavy atom. The highest BCUT2D eigenvalue weighted by Crippen LogP contribution is 2.21. The van der Waals surface area contributed by atoms with Crippen molar-refractivity contribution in [3.63, 3.8) is 0 Å². The summed E-state index contributed by atoms with van der Waals surface area (Å²) >= 11 is 2.04. The maximum Gasteiger partial charge on any atom is 0.0841 e. The Bertz CT molecular complexity index is 555. The molecule has 3 nitrogen and oxygen atoms in total. The number of nitrogens with zero attached hydrogens (tertiary/aromatic N) is 2. The molecule has 96 valence electrons. The molecule has 2 heterocycles. The molecule has 0 saturated carbocycles. The van der Waals surface area contributed by atoms with Crippen LogP contribution in [0.2, 0.25) is 0 Å². The fourth-order valence-electron chi connectivity index (χ4n) is 2.52. The average molecular weight is 261 g/mol. The van der Waals surface area contributed by atoms with Gasteiger partial charge >= 0.3 is 0 Å². The summed E-state index contributed by atoms with van der Waals surface area (Å²) in [5.41, 5.74) is 3.69. The quantitative estimate of drug-likeness (QED) is 0.920. The van der Waals surface area contributed by atoms with E-state index in [9.17, 15) is 0 Å². The Labute approximate surface area is 112 Å². The van der Waals surface area contributed by atoms with Crippen molar-refractivity contribution in [2.75, 3.05) is 11.5 Å². The summed E-state index contributed by atoms with van der Waals surface area (Å²) in [5.74, 6) is 2.53. The third-order valence-electron chi connectivity index (χ3n) is 3.57. The Hall–Kier alpha value is -1.00. The number of rotatable bonds is 3. The molecular formula is C14H19N3S. The monoisotopic (exact) mass is 261 g/mol. The molecule has 1 aromatic carbocycles. The summed E-state index contributed by atoms with van der Waals surface area (Å²) in [6.07, 6.45) is 1.29. The number of hydrogen-bond acceptors (Lipinski definition) is 3. The van der Waals surface area contributed by atoms with E-state index >= 15 is 0 Å². The molecule has 1 saturated heterocycles. The Morgan fingerprint density at radius 2 is 2.39 bits per heavy atom. The van der Waals surface area contributed by atoms with Gasteiger partial charge in [-0.3, -0.25) is 4.68 Å². The number of hydrogen-bond donors (Lipinski definition) is 1.